The van der Waals surface area contributed by atoms with Crippen molar-refractivity contribution in [1.29, 1.82) is 0 Å². The van der Waals surface area contributed by atoms with Gasteiger partial charge in [-0.25, -0.2) is 4.99 Å². The van der Waals surface area contributed by atoms with E-state index < -0.39 is 0 Å². The second-order valence-electron chi connectivity index (χ2n) is 4.10. The molecule has 0 bridgehead atoms. The third kappa shape index (κ3) is 2.71. The van der Waals surface area contributed by atoms with Crippen LogP contribution in [0.25, 0.3) is 0 Å². The topological polar surface area (TPSA) is 59.4 Å². The van der Waals surface area contributed by atoms with Gasteiger partial charge >= 0.3 is 0 Å². The van der Waals surface area contributed by atoms with E-state index in [1.165, 1.54) is 12.8 Å². The molecule has 1 heterocycles. The van der Waals surface area contributed by atoms with Gasteiger partial charge in [-0.15, -0.1) is 0 Å². The standard InChI is InChI=1S/C10H17N5/c1-14(10(11)13-9-3-4-9)6-8-5-12-15(2)7-8/h5,7,9H,3-4,6H2,1-2H3,(H2,11,13). The molecule has 5 nitrogen and oxygen atoms in total. The maximum Gasteiger partial charge on any atom is 0.191 e. The third-order valence-electron chi connectivity index (χ3n) is 2.43. The van der Waals surface area contributed by atoms with Crippen molar-refractivity contribution in [1.82, 2.24) is 14.7 Å². The van der Waals surface area contributed by atoms with Gasteiger partial charge in [-0.1, -0.05) is 0 Å². The van der Waals surface area contributed by atoms with Crippen LogP contribution in [0, 0.1) is 0 Å². The highest BCUT2D eigenvalue weighted by Crippen LogP contribution is 2.23. The van der Waals surface area contributed by atoms with Gasteiger partial charge in [-0.2, -0.15) is 5.10 Å². The lowest BCUT2D eigenvalue weighted by Crippen LogP contribution is -2.33. The van der Waals surface area contributed by atoms with Crippen molar-refractivity contribution >= 4 is 5.96 Å². The molecule has 0 aliphatic heterocycles. The molecule has 0 atom stereocenters. The summed E-state index contributed by atoms with van der Waals surface area (Å²) in [5.41, 5.74) is 7.01. The highest BCUT2D eigenvalue weighted by atomic mass is 15.3. The fourth-order valence-corrected chi connectivity index (χ4v) is 1.40. The summed E-state index contributed by atoms with van der Waals surface area (Å²) >= 11 is 0. The molecule has 1 aliphatic rings. The molecule has 0 radical (unpaired) electrons. The van der Waals surface area contributed by atoms with E-state index in [2.05, 4.69) is 10.1 Å². The first-order valence-corrected chi connectivity index (χ1v) is 5.17. The molecule has 1 aromatic heterocycles. The Morgan fingerprint density at radius 3 is 3.00 bits per heavy atom. The Labute approximate surface area is 89.6 Å². The van der Waals surface area contributed by atoms with Crippen molar-refractivity contribution in [2.75, 3.05) is 7.05 Å². The van der Waals surface area contributed by atoms with Crippen molar-refractivity contribution in [3.63, 3.8) is 0 Å². The first-order valence-electron chi connectivity index (χ1n) is 5.17. The maximum absolute atomic E-state index is 5.86. The zero-order valence-corrected chi connectivity index (χ0v) is 9.22. The lowest BCUT2D eigenvalue weighted by molar-refractivity contribution is 0.491. The zero-order valence-electron chi connectivity index (χ0n) is 9.22. The van der Waals surface area contributed by atoms with Crippen LogP contribution in [0.15, 0.2) is 17.4 Å². The monoisotopic (exact) mass is 207 g/mol. The normalized spacial score (nSPS) is 16.8. The molecule has 2 N–H and O–H groups in total. The number of rotatable bonds is 3. The second kappa shape index (κ2) is 3.92. The Bertz CT molecular complexity index is 364. The van der Waals surface area contributed by atoms with Crippen LogP contribution >= 0.6 is 0 Å². The largest absolute Gasteiger partial charge is 0.370 e. The Hall–Kier alpha value is -1.52. The molecule has 1 fully saturated rings. The summed E-state index contributed by atoms with van der Waals surface area (Å²) in [6.45, 7) is 0.760. The van der Waals surface area contributed by atoms with E-state index in [1.54, 1.807) is 4.68 Å². The van der Waals surface area contributed by atoms with Gasteiger partial charge in [-0.05, 0) is 12.8 Å². The van der Waals surface area contributed by atoms with E-state index >= 15 is 0 Å². The molecule has 0 unspecified atom stereocenters. The number of aliphatic imine (C=N–C) groups is 1. The van der Waals surface area contributed by atoms with Crippen LogP contribution in [0.2, 0.25) is 0 Å². The van der Waals surface area contributed by atoms with Gasteiger partial charge in [0, 0.05) is 32.4 Å². The molecular weight excluding hydrogens is 190 g/mol. The Morgan fingerprint density at radius 2 is 2.47 bits per heavy atom. The molecule has 0 spiro atoms. The van der Waals surface area contributed by atoms with Crippen molar-refractivity contribution < 1.29 is 0 Å². The van der Waals surface area contributed by atoms with Crippen molar-refractivity contribution in [2.24, 2.45) is 17.8 Å². The SMILES string of the molecule is CN(Cc1cnn(C)c1)C(N)=NC1CC1. The molecule has 15 heavy (non-hydrogen) atoms. The van der Waals surface area contributed by atoms with Crippen LogP contribution in [-0.2, 0) is 13.6 Å². The number of aromatic nitrogens is 2. The van der Waals surface area contributed by atoms with Crippen LogP contribution in [0.5, 0.6) is 0 Å². The first-order chi connectivity index (χ1) is 7.15. The molecule has 1 aliphatic carbocycles. The van der Waals surface area contributed by atoms with E-state index in [-0.39, 0.29) is 0 Å². The summed E-state index contributed by atoms with van der Waals surface area (Å²) in [7, 11) is 3.86. The minimum atomic E-state index is 0.473. The van der Waals surface area contributed by atoms with Crippen LogP contribution in [0.4, 0.5) is 0 Å². The molecular formula is C10H17N5. The van der Waals surface area contributed by atoms with Crippen LogP contribution < -0.4 is 5.73 Å². The summed E-state index contributed by atoms with van der Waals surface area (Å²) in [6, 6.07) is 0.473. The summed E-state index contributed by atoms with van der Waals surface area (Å²) in [4.78, 5) is 6.34. The molecule has 1 aromatic rings. The first kappa shape index (κ1) is 10.0. The van der Waals surface area contributed by atoms with Gasteiger partial charge < -0.3 is 10.6 Å². The van der Waals surface area contributed by atoms with Crippen molar-refractivity contribution in [3.05, 3.63) is 18.0 Å². The summed E-state index contributed by atoms with van der Waals surface area (Å²) in [5.74, 6) is 0.626. The number of nitrogens with two attached hydrogens (primary N) is 1. The van der Waals surface area contributed by atoms with Crippen LogP contribution in [-0.4, -0.2) is 33.7 Å². The summed E-state index contributed by atoms with van der Waals surface area (Å²) in [6.07, 6.45) is 6.20. The quantitative estimate of drug-likeness (QED) is 0.574. The molecule has 5 heteroatoms. The van der Waals surface area contributed by atoms with Gasteiger partial charge in [0.2, 0.25) is 0 Å². The predicted molar refractivity (Wildman–Crippen MR) is 59.3 cm³/mol. The number of aryl methyl sites for hydroxylation is 1. The molecule has 82 valence electrons. The second-order valence-corrected chi connectivity index (χ2v) is 4.10. The minimum Gasteiger partial charge on any atom is -0.370 e. The minimum absolute atomic E-state index is 0.473. The van der Waals surface area contributed by atoms with E-state index in [0.717, 1.165) is 12.1 Å². The lowest BCUT2D eigenvalue weighted by Gasteiger charge is -2.16. The third-order valence-corrected chi connectivity index (χ3v) is 2.43. The average molecular weight is 207 g/mol. The van der Waals surface area contributed by atoms with Gasteiger partial charge in [0.05, 0.1) is 12.2 Å². The van der Waals surface area contributed by atoms with E-state index in [1.807, 2.05) is 31.4 Å². The Kier molecular flexibility index (Phi) is 2.62. The highest BCUT2D eigenvalue weighted by Gasteiger charge is 2.21. The predicted octanol–water partition coefficient (Wildman–Crippen LogP) is 0.329. The number of hydrogen-bond donors (Lipinski definition) is 1. The van der Waals surface area contributed by atoms with E-state index in [9.17, 15) is 0 Å². The maximum atomic E-state index is 5.86. The molecule has 0 aromatic carbocycles. The number of nitrogens with zero attached hydrogens (tertiary/aromatic N) is 4. The smallest absolute Gasteiger partial charge is 0.191 e. The van der Waals surface area contributed by atoms with E-state index in [0.29, 0.717) is 12.0 Å². The Morgan fingerprint density at radius 1 is 1.73 bits per heavy atom. The van der Waals surface area contributed by atoms with Crippen molar-refractivity contribution in [3.8, 4) is 0 Å². The molecule has 0 saturated heterocycles. The van der Waals surface area contributed by atoms with Gasteiger partial charge in [0.25, 0.3) is 0 Å². The van der Waals surface area contributed by atoms with Crippen LogP contribution in [0.3, 0.4) is 0 Å². The van der Waals surface area contributed by atoms with Gasteiger partial charge in [0.15, 0.2) is 5.96 Å². The number of hydrogen-bond acceptors (Lipinski definition) is 2. The molecule has 0 amide bonds. The van der Waals surface area contributed by atoms with Gasteiger partial charge in [0.1, 0.15) is 0 Å². The number of guanidine groups is 1. The van der Waals surface area contributed by atoms with E-state index in [4.69, 9.17) is 5.73 Å². The average Bonchev–Trinajstić information content (AvgIpc) is 2.90. The Balaban J connectivity index is 1.93. The summed E-state index contributed by atoms with van der Waals surface area (Å²) in [5, 5.41) is 4.11. The molecule has 1 saturated carbocycles. The fraction of sp³-hybridized carbons (Fsp3) is 0.600. The summed E-state index contributed by atoms with van der Waals surface area (Å²) < 4.78 is 1.79. The molecule has 2 rings (SSSR count). The van der Waals surface area contributed by atoms with Crippen molar-refractivity contribution in [2.45, 2.75) is 25.4 Å². The van der Waals surface area contributed by atoms with Crippen LogP contribution in [0.1, 0.15) is 18.4 Å². The fourth-order valence-electron chi connectivity index (χ4n) is 1.40. The highest BCUT2D eigenvalue weighted by molar-refractivity contribution is 5.78. The van der Waals surface area contributed by atoms with Gasteiger partial charge in [-0.3, -0.25) is 4.68 Å². The zero-order chi connectivity index (χ0) is 10.8. The lowest BCUT2D eigenvalue weighted by atomic mass is 10.3.